The van der Waals surface area contributed by atoms with Crippen molar-refractivity contribution < 1.29 is 9.47 Å². The van der Waals surface area contributed by atoms with Crippen LogP contribution in [0.15, 0.2) is 48.8 Å². The summed E-state index contributed by atoms with van der Waals surface area (Å²) in [5, 5.41) is 3.89. The molecule has 4 rings (SSSR count). The second-order valence-corrected chi connectivity index (χ2v) is 7.59. The van der Waals surface area contributed by atoms with Gasteiger partial charge in [0.05, 0.1) is 20.3 Å². The number of nitrogens with zero attached hydrogens (tertiary/aromatic N) is 2. The number of nitrogens with one attached hydrogen (secondary N) is 1. The Kier molecular flexibility index (Phi) is 5.90. The Bertz CT molecular complexity index is 699. The van der Waals surface area contributed by atoms with Crippen molar-refractivity contribution in [1.29, 1.82) is 0 Å². The van der Waals surface area contributed by atoms with Gasteiger partial charge in [-0.25, -0.2) is 0 Å². The predicted molar refractivity (Wildman–Crippen MR) is 107 cm³/mol. The van der Waals surface area contributed by atoms with Crippen LogP contribution in [0.4, 0.5) is 5.69 Å². The maximum Gasteiger partial charge on any atom is 0.119 e. The number of pyridine rings is 1. The molecule has 1 aromatic heterocycles. The van der Waals surface area contributed by atoms with E-state index < -0.39 is 0 Å². The minimum atomic E-state index is 0.454. The Morgan fingerprint density at radius 2 is 1.81 bits per heavy atom. The maximum absolute atomic E-state index is 5.80. The third-order valence-corrected chi connectivity index (χ3v) is 5.83. The number of hydrogen-bond acceptors (Lipinski definition) is 5. The van der Waals surface area contributed by atoms with Crippen LogP contribution in [0.5, 0.6) is 5.75 Å². The van der Waals surface area contributed by atoms with Crippen LogP contribution in [0.3, 0.4) is 0 Å². The molecule has 2 fully saturated rings. The zero-order valence-corrected chi connectivity index (χ0v) is 16.0. The van der Waals surface area contributed by atoms with Crippen molar-refractivity contribution in [3.8, 4) is 5.75 Å². The van der Waals surface area contributed by atoms with E-state index in [0.29, 0.717) is 18.0 Å². The van der Waals surface area contributed by atoms with Gasteiger partial charge in [0.25, 0.3) is 0 Å². The Morgan fingerprint density at radius 3 is 2.52 bits per heavy atom. The lowest BCUT2D eigenvalue weighted by Crippen LogP contribution is -2.48. The fraction of sp³-hybridized carbons (Fsp3) is 0.500. The lowest BCUT2D eigenvalue weighted by molar-refractivity contribution is 0.181. The molecule has 0 bridgehead atoms. The van der Waals surface area contributed by atoms with Gasteiger partial charge >= 0.3 is 0 Å². The van der Waals surface area contributed by atoms with E-state index in [1.165, 1.54) is 24.1 Å². The molecule has 0 amide bonds. The van der Waals surface area contributed by atoms with E-state index in [1.54, 1.807) is 7.11 Å². The first-order valence-corrected chi connectivity index (χ1v) is 9.93. The van der Waals surface area contributed by atoms with Gasteiger partial charge in [0.2, 0.25) is 0 Å². The smallest absolute Gasteiger partial charge is 0.119 e. The van der Waals surface area contributed by atoms with Crippen molar-refractivity contribution >= 4 is 5.69 Å². The molecule has 1 aromatic carbocycles. The van der Waals surface area contributed by atoms with Gasteiger partial charge in [-0.15, -0.1) is 0 Å². The van der Waals surface area contributed by atoms with Crippen LogP contribution in [0.2, 0.25) is 0 Å². The standard InChI is InChI=1S/C22H29N3O2/c1-26-21-4-2-20(3-5-21)25-12-8-19(9-13-25)24-22-16-27-15-18(22)14-17-6-10-23-11-7-17/h2-7,10-11,18-19,22,24H,8-9,12-16H2,1H3/t18-,22-/m1/s1. The number of rotatable bonds is 6. The van der Waals surface area contributed by atoms with Crippen LogP contribution >= 0.6 is 0 Å². The largest absolute Gasteiger partial charge is 0.497 e. The van der Waals surface area contributed by atoms with E-state index in [1.807, 2.05) is 24.5 Å². The molecule has 0 spiro atoms. The van der Waals surface area contributed by atoms with Crippen LogP contribution in [-0.2, 0) is 11.2 Å². The van der Waals surface area contributed by atoms with Gasteiger partial charge in [-0.2, -0.15) is 0 Å². The Morgan fingerprint density at radius 1 is 1.07 bits per heavy atom. The molecule has 0 aliphatic carbocycles. The average Bonchev–Trinajstić information content (AvgIpc) is 3.16. The normalized spacial score (nSPS) is 23.5. The van der Waals surface area contributed by atoms with Gasteiger partial charge < -0.3 is 19.7 Å². The third kappa shape index (κ3) is 4.60. The summed E-state index contributed by atoms with van der Waals surface area (Å²) >= 11 is 0. The highest BCUT2D eigenvalue weighted by molar-refractivity contribution is 5.49. The molecule has 2 atom stereocenters. The number of methoxy groups -OCH3 is 1. The third-order valence-electron chi connectivity index (χ3n) is 5.83. The quantitative estimate of drug-likeness (QED) is 0.851. The van der Waals surface area contributed by atoms with Gasteiger partial charge in [-0.05, 0) is 61.2 Å². The summed E-state index contributed by atoms with van der Waals surface area (Å²) in [6.45, 7) is 3.86. The highest BCUT2D eigenvalue weighted by Crippen LogP contribution is 2.25. The van der Waals surface area contributed by atoms with Crippen molar-refractivity contribution in [3.63, 3.8) is 0 Å². The van der Waals surface area contributed by atoms with Gasteiger partial charge in [0, 0.05) is 49.2 Å². The van der Waals surface area contributed by atoms with Crippen molar-refractivity contribution in [3.05, 3.63) is 54.4 Å². The lowest BCUT2D eigenvalue weighted by Gasteiger charge is -2.36. The van der Waals surface area contributed by atoms with Crippen molar-refractivity contribution in [2.75, 3.05) is 38.3 Å². The second-order valence-electron chi connectivity index (χ2n) is 7.59. The van der Waals surface area contributed by atoms with Crippen LogP contribution < -0.4 is 15.0 Å². The summed E-state index contributed by atoms with van der Waals surface area (Å²) in [6.07, 6.45) is 7.16. The van der Waals surface area contributed by atoms with E-state index >= 15 is 0 Å². The van der Waals surface area contributed by atoms with Crippen LogP contribution in [0.25, 0.3) is 0 Å². The number of aromatic nitrogens is 1. The monoisotopic (exact) mass is 367 g/mol. The number of benzene rings is 1. The van der Waals surface area contributed by atoms with Crippen LogP contribution in [-0.4, -0.2) is 50.5 Å². The molecule has 2 aliphatic rings. The Balaban J connectivity index is 1.28. The zero-order valence-electron chi connectivity index (χ0n) is 16.0. The molecular weight excluding hydrogens is 338 g/mol. The average molecular weight is 367 g/mol. The summed E-state index contributed by atoms with van der Waals surface area (Å²) in [6, 6.07) is 13.6. The minimum Gasteiger partial charge on any atom is -0.497 e. The number of ether oxygens (including phenoxy) is 2. The number of hydrogen-bond donors (Lipinski definition) is 1. The van der Waals surface area contributed by atoms with E-state index in [9.17, 15) is 0 Å². The molecule has 27 heavy (non-hydrogen) atoms. The molecule has 0 radical (unpaired) electrons. The molecule has 5 nitrogen and oxygen atoms in total. The second kappa shape index (κ2) is 8.72. The first-order chi connectivity index (χ1) is 13.3. The van der Waals surface area contributed by atoms with Gasteiger partial charge in [0.15, 0.2) is 0 Å². The van der Waals surface area contributed by atoms with Crippen LogP contribution in [0.1, 0.15) is 18.4 Å². The maximum atomic E-state index is 5.80. The Hall–Kier alpha value is -2.11. The SMILES string of the molecule is COc1ccc(N2CCC(N[C@@H]3COC[C@H]3Cc3ccncc3)CC2)cc1. The van der Waals surface area contributed by atoms with E-state index in [4.69, 9.17) is 9.47 Å². The summed E-state index contributed by atoms with van der Waals surface area (Å²) in [5.41, 5.74) is 2.63. The Labute approximate surface area is 161 Å². The van der Waals surface area contributed by atoms with Crippen molar-refractivity contribution in [2.45, 2.75) is 31.3 Å². The van der Waals surface area contributed by atoms with Crippen molar-refractivity contribution in [2.24, 2.45) is 5.92 Å². The van der Waals surface area contributed by atoms with Crippen LogP contribution in [0, 0.1) is 5.92 Å². The fourth-order valence-electron chi connectivity index (χ4n) is 4.21. The molecule has 2 saturated heterocycles. The molecule has 0 unspecified atom stereocenters. The van der Waals surface area contributed by atoms with E-state index in [2.05, 4.69) is 39.5 Å². The number of anilines is 1. The summed E-state index contributed by atoms with van der Waals surface area (Å²) in [4.78, 5) is 6.59. The zero-order chi connectivity index (χ0) is 18.5. The highest BCUT2D eigenvalue weighted by atomic mass is 16.5. The summed E-state index contributed by atoms with van der Waals surface area (Å²) < 4.78 is 11.1. The van der Waals surface area contributed by atoms with Gasteiger partial charge in [-0.3, -0.25) is 4.98 Å². The lowest BCUT2D eigenvalue weighted by atomic mass is 9.93. The molecule has 5 heteroatoms. The van der Waals surface area contributed by atoms with Gasteiger partial charge in [0.1, 0.15) is 5.75 Å². The summed E-state index contributed by atoms with van der Waals surface area (Å²) in [7, 11) is 1.71. The molecule has 2 aliphatic heterocycles. The molecule has 0 saturated carbocycles. The minimum absolute atomic E-state index is 0.454. The predicted octanol–water partition coefficient (Wildman–Crippen LogP) is 2.91. The first-order valence-electron chi connectivity index (χ1n) is 9.93. The first kappa shape index (κ1) is 18.3. The molecule has 144 valence electrons. The summed E-state index contributed by atoms with van der Waals surface area (Å²) in [5.74, 6) is 1.46. The topological polar surface area (TPSA) is 46.6 Å². The van der Waals surface area contributed by atoms with E-state index in [0.717, 1.165) is 38.5 Å². The molecule has 1 N–H and O–H groups in total. The van der Waals surface area contributed by atoms with Crippen molar-refractivity contribution in [1.82, 2.24) is 10.3 Å². The fourth-order valence-corrected chi connectivity index (χ4v) is 4.21. The highest BCUT2D eigenvalue weighted by Gasteiger charge is 2.31. The molecule has 3 heterocycles. The molecular formula is C22H29N3O2. The molecule has 2 aromatic rings. The van der Waals surface area contributed by atoms with Gasteiger partial charge in [-0.1, -0.05) is 0 Å². The van der Waals surface area contributed by atoms with E-state index in [-0.39, 0.29) is 0 Å². The number of piperidine rings is 1.